The van der Waals surface area contributed by atoms with Gasteiger partial charge in [0.1, 0.15) is 17.8 Å². The number of phenols is 1. The molecule has 0 saturated heterocycles. The van der Waals surface area contributed by atoms with Gasteiger partial charge in [-0.05, 0) is 29.5 Å². The van der Waals surface area contributed by atoms with E-state index in [1.165, 1.54) is 12.1 Å². The summed E-state index contributed by atoms with van der Waals surface area (Å²) in [5.74, 6) is -1.92. The van der Waals surface area contributed by atoms with Crippen molar-refractivity contribution in [2.45, 2.75) is 58.7 Å². The largest absolute Gasteiger partial charge is 0.508 e. The van der Waals surface area contributed by atoms with E-state index in [0.29, 0.717) is 0 Å². The van der Waals surface area contributed by atoms with Crippen LogP contribution in [0, 0.1) is 10.8 Å². The first-order valence-corrected chi connectivity index (χ1v) is 10.5. The number of benzene rings is 1. The van der Waals surface area contributed by atoms with Gasteiger partial charge in [0.15, 0.2) is 0 Å². The average molecular weight is 452 g/mol. The number of aliphatic carboxylic acids is 1. The Bertz CT molecular complexity index is 790. The van der Waals surface area contributed by atoms with E-state index < -0.39 is 46.7 Å². The zero-order valence-electron chi connectivity index (χ0n) is 19.2. The normalized spacial score (nSPS) is 14.0. The molecular formula is C22H37N5O5. The monoisotopic (exact) mass is 451 g/mol. The van der Waals surface area contributed by atoms with Gasteiger partial charge in [-0.1, -0.05) is 39.8 Å². The third kappa shape index (κ3) is 7.77. The molecular weight excluding hydrogens is 414 g/mol. The molecule has 0 aliphatic heterocycles. The predicted molar refractivity (Wildman–Crippen MR) is 122 cm³/mol. The number of aromatic hydroxyl groups is 1. The Morgan fingerprint density at radius 1 is 1.00 bits per heavy atom. The number of nitrogens with one attached hydrogen (secondary N) is 2. The summed E-state index contributed by atoms with van der Waals surface area (Å²) in [5, 5.41) is 24.3. The van der Waals surface area contributed by atoms with Gasteiger partial charge in [0, 0.05) is 24.9 Å². The van der Waals surface area contributed by atoms with Crippen molar-refractivity contribution in [2.24, 2.45) is 28.0 Å². The summed E-state index contributed by atoms with van der Waals surface area (Å²) >= 11 is 0. The van der Waals surface area contributed by atoms with Crippen LogP contribution in [0.2, 0.25) is 0 Å². The van der Waals surface area contributed by atoms with Crippen molar-refractivity contribution in [1.82, 2.24) is 10.6 Å². The van der Waals surface area contributed by atoms with E-state index >= 15 is 0 Å². The van der Waals surface area contributed by atoms with Crippen molar-refractivity contribution in [1.29, 1.82) is 0 Å². The molecule has 0 saturated carbocycles. The molecule has 10 heteroatoms. The Morgan fingerprint density at radius 2 is 1.53 bits per heavy atom. The van der Waals surface area contributed by atoms with Crippen LogP contribution < -0.4 is 27.8 Å². The van der Waals surface area contributed by atoms with Crippen LogP contribution in [0.25, 0.3) is 0 Å². The smallest absolute Gasteiger partial charge is 0.321 e. The highest BCUT2D eigenvalue weighted by atomic mass is 16.4. The summed E-state index contributed by atoms with van der Waals surface area (Å²) < 4.78 is 0. The lowest BCUT2D eigenvalue weighted by molar-refractivity contribution is -0.143. The molecule has 0 fully saturated rings. The molecule has 180 valence electrons. The molecule has 0 spiro atoms. The standard InChI is InChI=1S/C22H37N5O5/c1-21(2,17(25)19(30)31)12-22(3,4)20(32)27-16(18(29)26-14(10-23)11-24)9-13-5-7-15(28)8-6-13/h5-8,14,16-17,28H,9-12,23-25H2,1-4H3,(H,26,29)(H,27,32)(H,30,31)/t16-,17+/m0/s1. The second kappa shape index (κ2) is 11.3. The van der Waals surface area contributed by atoms with E-state index in [2.05, 4.69) is 10.6 Å². The molecule has 0 aliphatic carbocycles. The maximum atomic E-state index is 13.2. The van der Waals surface area contributed by atoms with Gasteiger partial charge in [-0.3, -0.25) is 14.4 Å². The number of carboxylic acids is 1. The van der Waals surface area contributed by atoms with Crippen LogP contribution in [0.15, 0.2) is 24.3 Å². The zero-order valence-corrected chi connectivity index (χ0v) is 19.2. The number of hydrogen-bond acceptors (Lipinski definition) is 7. The van der Waals surface area contributed by atoms with Crippen LogP contribution in [-0.4, -0.2) is 59.2 Å². The topological polar surface area (TPSA) is 194 Å². The van der Waals surface area contributed by atoms with Crippen LogP contribution in [0.4, 0.5) is 0 Å². The Kier molecular flexibility index (Phi) is 9.62. The molecule has 0 bridgehead atoms. The second-order valence-electron chi connectivity index (χ2n) is 9.44. The first kappa shape index (κ1) is 27.3. The quantitative estimate of drug-likeness (QED) is 0.224. The number of rotatable bonds is 12. The van der Waals surface area contributed by atoms with E-state index in [1.54, 1.807) is 39.8 Å². The van der Waals surface area contributed by atoms with Crippen molar-refractivity contribution in [3.05, 3.63) is 29.8 Å². The van der Waals surface area contributed by atoms with E-state index in [0.717, 1.165) is 5.56 Å². The van der Waals surface area contributed by atoms with Crippen molar-refractivity contribution in [3.63, 3.8) is 0 Å². The minimum absolute atomic E-state index is 0.0863. The van der Waals surface area contributed by atoms with E-state index in [1.807, 2.05) is 0 Å². The third-order valence-electron chi connectivity index (χ3n) is 5.53. The van der Waals surface area contributed by atoms with E-state index in [9.17, 15) is 24.6 Å². The number of amides is 2. The Morgan fingerprint density at radius 3 is 2.00 bits per heavy atom. The molecule has 0 radical (unpaired) electrons. The summed E-state index contributed by atoms with van der Waals surface area (Å²) in [4.78, 5) is 37.4. The van der Waals surface area contributed by atoms with Crippen molar-refractivity contribution >= 4 is 17.8 Å². The molecule has 0 unspecified atom stereocenters. The van der Waals surface area contributed by atoms with Crippen LogP contribution in [0.1, 0.15) is 39.7 Å². The summed E-state index contributed by atoms with van der Waals surface area (Å²) in [5.41, 5.74) is 15.9. The fraction of sp³-hybridized carbons (Fsp3) is 0.591. The van der Waals surface area contributed by atoms with Gasteiger partial charge in [-0.15, -0.1) is 0 Å². The van der Waals surface area contributed by atoms with Gasteiger partial charge in [0.2, 0.25) is 11.8 Å². The van der Waals surface area contributed by atoms with Gasteiger partial charge >= 0.3 is 5.97 Å². The first-order chi connectivity index (χ1) is 14.7. The molecule has 0 aromatic heterocycles. The Hall–Kier alpha value is -2.69. The highest BCUT2D eigenvalue weighted by Gasteiger charge is 2.41. The lowest BCUT2D eigenvalue weighted by Gasteiger charge is -2.37. The SMILES string of the molecule is CC(C)(CC(C)(C)[C@H](N)C(=O)O)C(=O)N[C@@H](Cc1ccc(O)cc1)C(=O)NC(CN)CN. The van der Waals surface area contributed by atoms with Gasteiger partial charge in [0.05, 0.1) is 6.04 Å². The summed E-state index contributed by atoms with van der Waals surface area (Å²) in [6.07, 6.45) is 0.356. The van der Waals surface area contributed by atoms with Crippen LogP contribution in [0.5, 0.6) is 5.75 Å². The molecule has 1 rings (SSSR count). The number of phenolic OH excluding ortho intramolecular Hbond substituents is 1. The van der Waals surface area contributed by atoms with Crippen molar-refractivity contribution in [2.75, 3.05) is 13.1 Å². The lowest BCUT2D eigenvalue weighted by Crippen LogP contribution is -2.56. The molecule has 1 aromatic carbocycles. The molecule has 32 heavy (non-hydrogen) atoms. The van der Waals surface area contributed by atoms with Gasteiger partial charge < -0.3 is 38.0 Å². The van der Waals surface area contributed by atoms with Crippen LogP contribution in [-0.2, 0) is 20.8 Å². The van der Waals surface area contributed by atoms with Gasteiger partial charge in [0.25, 0.3) is 0 Å². The maximum absolute atomic E-state index is 13.2. The highest BCUT2D eigenvalue weighted by molar-refractivity contribution is 5.90. The summed E-state index contributed by atoms with van der Waals surface area (Å²) in [6, 6.07) is 3.78. The number of carbonyl (C=O) groups is 3. The molecule has 0 heterocycles. The predicted octanol–water partition coefficient (Wildman–Crippen LogP) is -0.324. The molecule has 10 N–H and O–H groups in total. The number of carboxylic acid groups (broad SMARTS) is 1. The second-order valence-corrected chi connectivity index (χ2v) is 9.44. The Balaban J connectivity index is 3.07. The molecule has 2 amide bonds. The molecule has 10 nitrogen and oxygen atoms in total. The lowest BCUT2D eigenvalue weighted by atomic mass is 9.70. The molecule has 1 aromatic rings. The van der Waals surface area contributed by atoms with Crippen LogP contribution in [0.3, 0.4) is 0 Å². The van der Waals surface area contributed by atoms with Gasteiger partial charge in [-0.25, -0.2) is 0 Å². The number of hydrogen-bond donors (Lipinski definition) is 7. The maximum Gasteiger partial charge on any atom is 0.321 e. The minimum Gasteiger partial charge on any atom is -0.508 e. The Labute approximate surface area is 188 Å². The fourth-order valence-corrected chi connectivity index (χ4v) is 3.61. The first-order valence-electron chi connectivity index (χ1n) is 10.5. The number of nitrogens with two attached hydrogens (primary N) is 3. The number of carbonyl (C=O) groups excluding carboxylic acids is 2. The summed E-state index contributed by atoms with van der Waals surface area (Å²) in [7, 11) is 0. The summed E-state index contributed by atoms with van der Waals surface area (Å²) in [6.45, 7) is 7.03. The average Bonchev–Trinajstić information content (AvgIpc) is 2.71. The van der Waals surface area contributed by atoms with Crippen molar-refractivity contribution in [3.8, 4) is 5.75 Å². The minimum atomic E-state index is -1.15. The fourth-order valence-electron chi connectivity index (χ4n) is 3.61. The highest BCUT2D eigenvalue weighted by Crippen LogP contribution is 2.36. The van der Waals surface area contributed by atoms with Gasteiger partial charge in [-0.2, -0.15) is 0 Å². The van der Waals surface area contributed by atoms with Crippen LogP contribution >= 0.6 is 0 Å². The third-order valence-corrected chi connectivity index (χ3v) is 5.53. The van der Waals surface area contributed by atoms with Crippen molar-refractivity contribution < 1.29 is 24.6 Å². The molecule has 0 aliphatic rings. The van der Waals surface area contributed by atoms with E-state index in [4.69, 9.17) is 17.2 Å². The van der Waals surface area contributed by atoms with E-state index in [-0.39, 0.29) is 31.7 Å². The zero-order chi connectivity index (χ0) is 24.7. The molecule has 2 atom stereocenters.